The number of nitrogens with zero attached hydrogens (tertiary/aromatic N) is 3. The third-order valence-corrected chi connectivity index (χ3v) is 4.40. The molecule has 0 amide bonds. The number of terminal acetylenes is 1. The molecule has 1 aliphatic rings. The summed E-state index contributed by atoms with van der Waals surface area (Å²) < 4.78 is 22.1. The van der Waals surface area contributed by atoms with Gasteiger partial charge in [0.2, 0.25) is 0 Å². The topological polar surface area (TPSA) is 173 Å². The smallest absolute Gasteiger partial charge is 0.386 e. The predicted molar refractivity (Wildman–Crippen MR) is 83.6 cm³/mol. The molecule has 0 saturated carbocycles. The first kappa shape index (κ1) is 17.8. The van der Waals surface area contributed by atoms with Gasteiger partial charge in [0.15, 0.2) is 11.8 Å². The van der Waals surface area contributed by atoms with Crippen LogP contribution in [-0.2, 0) is 13.8 Å². The highest BCUT2D eigenvalue weighted by molar-refractivity contribution is 7.46. The Morgan fingerprint density at radius 2 is 2.24 bits per heavy atom. The summed E-state index contributed by atoms with van der Waals surface area (Å²) in [4.78, 5) is 25.5. The van der Waals surface area contributed by atoms with Gasteiger partial charge in [-0.1, -0.05) is 5.92 Å². The summed E-state index contributed by atoms with van der Waals surface area (Å²) in [6, 6.07) is 1.58. The van der Waals surface area contributed by atoms with Gasteiger partial charge >= 0.3 is 7.82 Å². The molecule has 6 N–H and O–H groups in total. The molecular formula is C13H15N4O7P. The summed E-state index contributed by atoms with van der Waals surface area (Å²) in [5.74, 6) is 2.27. The van der Waals surface area contributed by atoms with Crippen molar-refractivity contribution in [3.8, 4) is 12.3 Å². The van der Waals surface area contributed by atoms with E-state index < -0.39 is 38.5 Å². The highest BCUT2D eigenvalue weighted by Gasteiger charge is 2.56. The molecule has 12 heteroatoms. The lowest BCUT2D eigenvalue weighted by Gasteiger charge is -2.26. The second kappa shape index (κ2) is 6.05. The molecule has 11 nitrogen and oxygen atoms in total. The zero-order valence-electron chi connectivity index (χ0n) is 12.6. The van der Waals surface area contributed by atoms with Crippen molar-refractivity contribution >= 4 is 24.7 Å². The van der Waals surface area contributed by atoms with Gasteiger partial charge in [0.25, 0.3) is 0 Å². The molecule has 134 valence electrons. The number of aliphatic hydroxyl groups is 2. The van der Waals surface area contributed by atoms with Crippen molar-refractivity contribution in [3.05, 3.63) is 18.6 Å². The zero-order valence-corrected chi connectivity index (χ0v) is 13.5. The Hall–Kier alpha value is -2.03. The Morgan fingerprint density at radius 1 is 1.52 bits per heavy atom. The van der Waals surface area contributed by atoms with Gasteiger partial charge in [-0.2, -0.15) is 0 Å². The number of nitrogens with two attached hydrogens (primary N) is 1. The van der Waals surface area contributed by atoms with Gasteiger partial charge in [-0.15, -0.1) is 6.42 Å². The molecule has 0 unspecified atom stereocenters. The van der Waals surface area contributed by atoms with Crippen LogP contribution >= 0.6 is 7.82 Å². The summed E-state index contributed by atoms with van der Waals surface area (Å²) in [6.45, 7) is -0.678. The van der Waals surface area contributed by atoms with E-state index in [0.717, 1.165) is 0 Å². The number of phosphoric acid groups is 1. The van der Waals surface area contributed by atoms with Gasteiger partial charge in [-0.25, -0.2) is 14.5 Å². The summed E-state index contributed by atoms with van der Waals surface area (Å²) in [6.07, 6.45) is 3.84. The van der Waals surface area contributed by atoms with E-state index in [1.807, 2.05) is 0 Å². The van der Waals surface area contributed by atoms with E-state index in [9.17, 15) is 14.8 Å². The summed E-state index contributed by atoms with van der Waals surface area (Å²) >= 11 is 0. The van der Waals surface area contributed by atoms with Crippen molar-refractivity contribution in [3.63, 3.8) is 0 Å². The van der Waals surface area contributed by atoms with Crippen LogP contribution in [0.2, 0.25) is 0 Å². The monoisotopic (exact) mass is 370 g/mol. The van der Waals surface area contributed by atoms with Crippen LogP contribution in [0.25, 0.3) is 11.0 Å². The molecule has 1 aliphatic heterocycles. The van der Waals surface area contributed by atoms with Crippen molar-refractivity contribution < 1.29 is 33.8 Å². The molecule has 0 aliphatic carbocycles. The second-order valence-corrected chi connectivity index (χ2v) is 6.69. The highest BCUT2D eigenvalue weighted by atomic mass is 31.2. The molecule has 0 radical (unpaired) electrons. The van der Waals surface area contributed by atoms with Crippen LogP contribution in [0.1, 0.15) is 6.23 Å². The first-order valence-corrected chi connectivity index (χ1v) is 8.51. The standard InChI is InChI=1S/C13H15N4O7P/c1-2-13(19)9(18)8(5-23-25(20,21)22)24-12(13)17-4-3-7-10(14)15-6-16-11(7)17/h1,3-4,6,8-9,12,18-19H,5H2,(H2,14,15,16)(H2,20,21,22)/t8-,9-,12-,13-/m1/s1. The Kier molecular flexibility index (Phi) is 4.30. The number of anilines is 1. The molecule has 4 atom stereocenters. The van der Waals surface area contributed by atoms with Gasteiger partial charge in [0, 0.05) is 6.20 Å². The summed E-state index contributed by atoms with van der Waals surface area (Å²) in [5.41, 5.74) is 3.87. The first-order valence-electron chi connectivity index (χ1n) is 6.98. The van der Waals surface area contributed by atoms with E-state index in [-0.39, 0.29) is 5.82 Å². The lowest BCUT2D eigenvalue weighted by atomic mass is 9.95. The average Bonchev–Trinajstić information content (AvgIpc) is 3.07. The minimum Gasteiger partial charge on any atom is -0.386 e. The van der Waals surface area contributed by atoms with Crippen molar-refractivity contribution in [2.24, 2.45) is 0 Å². The van der Waals surface area contributed by atoms with E-state index in [0.29, 0.717) is 11.0 Å². The number of ether oxygens (including phenoxy) is 1. The fourth-order valence-corrected chi connectivity index (χ4v) is 3.03. The number of rotatable bonds is 4. The Labute approximate surface area is 141 Å². The van der Waals surface area contributed by atoms with Gasteiger partial charge in [-0.3, -0.25) is 4.52 Å². The number of hydrogen-bond acceptors (Lipinski definition) is 8. The van der Waals surface area contributed by atoms with Crippen molar-refractivity contribution in [1.29, 1.82) is 0 Å². The van der Waals surface area contributed by atoms with Crippen LogP contribution in [0.4, 0.5) is 5.82 Å². The molecule has 2 aromatic rings. The molecule has 0 aromatic carbocycles. The molecule has 2 aromatic heterocycles. The van der Waals surface area contributed by atoms with Crippen LogP contribution in [0.3, 0.4) is 0 Å². The molecule has 3 rings (SSSR count). The Morgan fingerprint density at radius 3 is 2.88 bits per heavy atom. The largest absolute Gasteiger partial charge is 0.469 e. The summed E-state index contributed by atoms with van der Waals surface area (Å²) in [5, 5.41) is 21.4. The van der Waals surface area contributed by atoms with E-state index in [1.165, 1.54) is 17.1 Å². The van der Waals surface area contributed by atoms with E-state index in [2.05, 4.69) is 20.4 Å². The number of aliphatic hydroxyl groups excluding tert-OH is 1. The maximum atomic E-state index is 10.8. The highest BCUT2D eigenvalue weighted by Crippen LogP contribution is 2.42. The molecular weight excluding hydrogens is 355 g/mol. The minimum absolute atomic E-state index is 0.202. The van der Waals surface area contributed by atoms with Gasteiger partial charge in [0.1, 0.15) is 30.0 Å². The van der Waals surface area contributed by atoms with Crippen molar-refractivity contribution in [2.45, 2.75) is 24.0 Å². The maximum absolute atomic E-state index is 10.8. The fraction of sp³-hybridized carbons (Fsp3) is 0.385. The SMILES string of the molecule is C#C[C@@]1(O)[C@H](O)[C@@H](COP(=O)(O)O)O[C@H]1n1ccc2c(N)ncnc21. The molecule has 0 bridgehead atoms. The Bertz CT molecular complexity index is 890. The molecule has 25 heavy (non-hydrogen) atoms. The molecule has 0 spiro atoms. The van der Waals surface area contributed by atoms with Crippen molar-refractivity contribution in [2.75, 3.05) is 12.3 Å². The minimum atomic E-state index is -4.79. The van der Waals surface area contributed by atoms with Crippen LogP contribution in [0.15, 0.2) is 18.6 Å². The molecule has 1 fully saturated rings. The van der Waals surface area contributed by atoms with Gasteiger partial charge < -0.3 is 35.0 Å². The zero-order chi connectivity index (χ0) is 18.4. The number of fused-ring (bicyclic) bond motifs is 1. The maximum Gasteiger partial charge on any atom is 0.469 e. The van der Waals surface area contributed by atoms with Crippen LogP contribution in [0.5, 0.6) is 0 Å². The third kappa shape index (κ3) is 3.01. The van der Waals surface area contributed by atoms with Crippen LogP contribution in [0, 0.1) is 12.3 Å². The van der Waals surface area contributed by atoms with Crippen molar-refractivity contribution in [1.82, 2.24) is 14.5 Å². The molecule has 1 saturated heterocycles. The first-order chi connectivity index (χ1) is 11.7. The lowest BCUT2D eigenvalue weighted by Crippen LogP contribution is -2.45. The number of hydrogen-bond donors (Lipinski definition) is 5. The number of aromatic nitrogens is 3. The summed E-state index contributed by atoms with van der Waals surface area (Å²) in [7, 11) is -4.79. The third-order valence-electron chi connectivity index (χ3n) is 3.91. The van der Waals surface area contributed by atoms with Crippen LogP contribution < -0.4 is 5.73 Å². The quantitative estimate of drug-likeness (QED) is 0.323. The lowest BCUT2D eigenvalue weighted by molar-refractivity contribution is -0.0715. The van der Waals surface area contributed by atoms with Gasteiger partial charge in [0.05, 0.1) is 12.0 Å². The normalized spacial score (nSPS) is 29.8. The van der Waals surface area contributed by atoms with Crippen LogP contribution in [-0.4, -0.2) is 59.0 Å². The second-order valence-electron chi connectivity index (χ2n) is 5.45. The van der Waals surface area contributed by atoms with Gasteiger partial charge in [-0.05, 0) is 6.07 Å². The van der Waals surface area contributed by atoms with E-state index in [1.54, 1.807) is 6.07 Å². The number of phosphoric ester groups is 1. The fourth-order valence-electron chi connectivity index (χ4n) is 2.69. The average molecular weight is 370 g/mol. The van der Waals surface area contributed by atoms with E-state index >= 15 is 0 Å². The Balaban J connectivity index is 1.98. The van der Waals surface area contributed by atoms with E-state index in [4.69, 9.17) is 26.7 Å². The predicted octanol–water partition coefficient (Wildman–Crippen LogP) is -1.25. The molecule has 3 heterocycles. The number of nitrogen functional groups attached to an aromatic ring is 1.